The molecule has 0 aliphatic heterocycles. The molecule has 0 bridgehead atoms. The van der Waals surface area contributed by atoms with E-state index in [1.54, 1.807) is 0 Å². The van der Waals surface area contributed by atoms with Gasteiger partial charge in [0, 0.05) is 22.6 Å². The highest BCUT2D eigenvalue weighted by Gasteiger charge is 2.23. The summed E-state index contributed by atoms with van der Waals surface area (Å²) in [5, 5.41) is 0. The second-order valence-electron chi connectivity index (χ2n) is 6.22. The number of furan rings is 1. The van der Waals surface area contributed by atoms with E-state index in [0.717, 1.165) is 7.14 Å². The van der Waals surface area contributed by atoms with Gasteiger partial charge in [-0.05, 0) is 108 Å². The molecule has 0 atom stereocenters. The molecule has 4 aromatic rings. The van der Waals surface area contributed by atoms with E-state index in [1.807, 2.05) is 36.4 Å². The molecule has 3 aromatic carbocycles. The predicted molar refractivity (Wildman–Crippen MR) is 145 cm³/mol. The Kier molecular flexibility index (Phi) is 7.42. The van der Waals surface area contributed by atoms with Crippen LogP contribution in [0.4, 0.5) is 0 Å². The molecule has 0 radical (unpaired) electrons. The monoisotopic (exact) mass is 752 g/mol. The molecule has 1 aromatic heterocycles. The van der Waals surface area contributed by atoms with E-state index in [-0.39, 0.29) is 5.76 Å². The van der Waals surface area contributed by atoms with Gasteiger partial charge in [0.2, 0.25) is 5.76 Å². The van der Waals surface area contributed by atoms with Crippen molar-refractivity contribution in [1.82, 2.24) is 0 Å². The van der Waals surface area contributed by atoms with Crippen molar-refractivity contribution in [3.05, 3.63) is 102 Å². The first-order valence-electron chi connectivity index (χ1n) is 8.90. The quantitative estimate of drug-likeness (QED) is 0.0981. The molecule has 0 spiro atoms. The third-order valence-electron chi connectivity index (χ3n) is 4.28. The smallest absolute Gasteiger partial charge is 0.380 e. The maximum atomic E-state index is 12.5. The Balaban J connectivity index is 1.61. The molecule has 0 unspecified atom stereocenters. The highest BCUT2D eigenvalue weighted by Crippen LogP contribution is 2.51. The molecule has 0 aliphatic rings. The van der Waals surface area contributed by atoms with Crippen molar-refractivity contribution in [2.45, 2.75) is 14.7 Å². The van der Waals surface area contributed by atoms with Crippen LogP contribution in [0.5, 0.6) is 5.75 Å². The van der Waals surface area contributed by atoms with Gasteiger partial charge in [-0.25, -0.2) is 4.79 Å². The average Bonchev–Trinajstić information content (AvgIpc) is 3.04. The van der Waals surface area contributed by atoms with Gasteiger partial charge < -0.3 is 9.15 Å². The second kappa shape index (κ2) is 10.0. The molecule has 30 heavy (non-hydrogen) atoms. The molecule has 4 rings (SSSR count). The maximum absolute atomic E-state index is 12.5. The van der Waals surface area contributed by atoms with E-state index in [4.69, 9.17) is 9.15 Å². The molecule has 152 valence electrons. The minimum Gasteiger partial charge on any atom is -0.441 e. The first kappa shape index (κ1) is 22.2. The zero-order valence-corrected chi connectivity index (χ0v) is 22.8. The minimum absolute atomic E-state index is 0.240. The summed E-state index contributed by atoms with van der Waals surface area (Å²) >= 11 is 6.34. The fourth-order valence-electron chi connectivity index (χ4n) is 2.91. The van der Waals surface area contributed by atoms with Crippen LogP contribution in [-0.4, -0.2) is 5.97 Å². The average molecular weight is 752 g/mol. The third-order valence-corrected chi connectivity index (χ3v) is 11.6. The summed E-state index contributed by atoms with van der Waals surface area (Å²) in [5.74, 6) is 0.253. The highest BCUT2D eigenvalue weighted by molar-refractivity contribution is 14.1. The van der Waals surface area contributed by atoms with E-state index in [2.05, 4.69) is 116 Å². The summed E-state index contributed by atoms with van der Waals surface area (Å²) in [4.78, 5) is 16.3. The van der Waals surface area contributed by atoms with Crippen molar-refractivity contribution in [2.75, 3.05) is 0 Å². The van der Waals surface area contributed by atoms with E-state index >= 15 is 0 Å². The Bertz CT molecular complexity index is 1120. The summed E-state index contributed by atoms with van der Waals surface area (Å²) in [5.41, 5.74) is 0. The maximum Gasteiger partial charge on any atom is 0.380 e. The van der Waals surface area contributed by atoms with Crippen LogP contribution in [0, 0.1) is 10.9 Å². The van der Waals surface area contributed by atoms with Crippen LogP contribution in [0.15, 0.2) is 104 Å². The van der Waals surface area contributed by atoms with Crippen molar-refractivity contribution in [3.8, 4) is 5.75 Å². The topological polar surface area (TPSA) is 39.4 Å². The number of carbonyl (C=O) groups excluding carboxylic acids is 1. The number of ether oxygens (including phenoxy) is 1. The first-order valence-corrected chi connectivity index (χ1v) is 13.5. The number of rotatable bonds is 5. The number of halogens is 3. The second-order valence-corrected chi connectivity index (χ2v) is 11.6. The van der Waals surface area contributed by atoms with Crippen molar-refractivity contribution >= 4 is 84.6 Å². The van der Waals surface area contributed by atoms with Crippen LogP contribution in [0.3, 0.4) is 0 Å². The normalized spacial score (nSPS) is 11.2. The number of thiol groups is 1. The number of benzene rings is 3. The molecule has 0 aliphatic carbocycles. The van der Waals surface area contributed by atoms with Crippen molar-refractivity contribution < 1.29 is 13.9 Å². The van der Waals surface area contributed by atoms with Crippen LogP contribution < -0.4 is 4.74 Å². The summed E-state index contributed by atoms with van der Waals surface area (Å²) in [7, 11) is -0.691. The fourth-order valence-corrected chi connectivity index (χ4v) is 7.13. The molecule has 0 N–H and O–H groups in total. The molecule has 1 heterocycles. The fraction of sp³-hybridized carbons (Fsp3) is 0. The standard InChI is InChI=1S/C23H15I3O3S/c24-19-20(25)22(26)29-21(19)23(27)28-15-11-13-18(14-12-15)30(16-7-3-1-4-8-16)17-9-5-2-6-10-17/h1-14,30H. The number of carbonyl (C=O) groups is 1. The molecule has 0 saturated carbocycles. The number of hydrogen-bond donors (Lipinski definition) is 1. The third kappa shape index (κ3) is 4.89. The van der Waals surface area contributed by atoms with Gasteiger partial charge in [0.05, 0.1) is 7.14 Å². The number of esters is 1. The Labute approximate surface area is 218 Å². The molecule has 7 heteroatoms. The van der Waals surface area contributed by atoms with E-state index in [0.29, 0.717) is 9.52 Å². The summed E-state index contributed by atoms with van der Waals surface area (Å²) in [6, 6.07) is 28.7. The summed E-state index contributed by atoms with van der Waals surface area (Å²) in [6.45, 7) is 0. The van der Waals surface area contributed by atoms with Gasteiger partial charge in [0.25, 0.3) is 0 Å². The summed E-state index contributed by atoms with van der Waals surface area (Å²) < 4.78 is 13.5. The molecule has 3 nitrogen and oxygen atoms in total. The van der Waals surface area contributed by atoms with E-state index in [1.165, 1.54) is 14.7 Å². The van der Waals surface area contributed by atoms with Crippen molar-refractivity contribution in [2.24, 2.45) is 0 Å². The molecular weight excluding hydrogens is 737 g/mol. The van der Waals surface area contributed by atoms with Gasteiger partial charge in [-0.3, -0.25) is 0 Å². The van der Waals surface area contributed by atoms with E-state index < -0.39 is 16.9 Å². The van der Waals surface area contributed by atoms with Crippen LogP contribution >= 0.6 is 78.7 Å². The van der Waals surface area contributed by atoms with Gasteiger partial charge in [0.1, 0.15) is 5.75 Å². The molecule has 0 amide bonds. The van der Waals surface area contributed by atoms with E-state index in [9.17, 15) is 4.79 Å². The lowest BCUT2D eigenvalue weighted by Crippen LogP contribution is -2.08. The molecule has 0 fully saturated rings. The van der Waals surface area contributed by atoms with Gasteiger partial charge in [-0.2, -0.15) is 10.9 Å². The SMILES string of the molecule is O=C(Oc1ccc([SH](c2ccccc2)c2ccccc2)cc1)c1oc(I)c(I)c1I. The van der Waals surface area contributed by atoms with Gasteiger partial charge >= 0.3 is 5.97 Å². The first-order chi connectivity index (χ1) is 14.5. The van der Waals surface area contributed by atoms with Crippen molar-refractivity contribution in [3.63, 3.8) is 0 Å². The van der Waals surface area contributed by atoms with Crippen LogP contribution in [0.2, 0.25) is 0 Å². The van der Waals surface area contributed by atoms with Gasteiger partial charge in [0.15, 0.2) is 3.77 Å². The Hall–Kier alpha value is -1.05. The van der Waals surface area contributed by atoms with Crippen LogP contribution in [-0.2, 0) is 0 Å². The molecular formula is C23H15I3O3S. The van der Waals surface area contributed by atoms with Crippen molar-refractivity contribution in [1.29, 1.82) is 0 Å². The zero-order valence-electron chi connectivity index (χ0n) is 15.4. The van der Waals surface area contributed by atoms with Gasteiger partial charge in [-0.1, -0.05) is 36.4 Å². The zero-order chi connectivity index (χ0) is 21.1. The summed E-state index contributed by atoms with van der Waals surface area (Å²) in [6.07, 6.45) is 0. The molecule has 0 saturated heterocycles. The Morgan fingerprint density at radius 2 is 1.20 bits per heavy atom. The minimum atomic E-state index is -0.691. The number of hydrogen-bond acceptors (Lipinski definition) is 3. The Morgan fingerprint density at radius 3 is 1.67 bits per heavy atom. The Morgan fingerprint density at radius 1 is 0.700 bits per heavy atom. The highest BCUT2D eigenvalue weighted by atomic mass is 127. The predicted octanol–water partition coefficient (Wildman–Crippen LogP) is 7.79. The van der Waals surface area contributed by atoms with Crippen LogP contribution in [0.25, 0.3) is 0 Å². The largest absolute Gasteiger partial charge is 0.441 e. The lowest BCUT2D eigenvalue weighted by molar-refractivity contribution is 0.0698. The van der Waals surface area contributed by atoms with Gasteiger partial charge in [-0.15, -0.1) is 0 Å². The van der Waals surface area contributed by atoms with Crippen LogP contribution in [0.1, 0.15) is 10.6 Å². The lowest BCUT2D eigenvalue weighted by Gasteiger charge is -2.23. The lowest BCUT2D eigenvalue weighted by atomic mass is 10.3.